The summed E-state index contributed by atoms with van der Waals surface area (Å²) in [6, 6.07) is -4.65. The lowest BCUT2D eigenvalue weighted by Crippen LogP contribution is -2.59. The summed E-state index contributed by atoms with van der Waals surface area (Å²) >= 11 is 0. The van der Waals surface area contributed by atoms with Crippen LogP contribution in [0.25, 0.3) is 0 Å². The van der Waals surface area contributed by atoms with Crippen LogP contribution in [0, 0.1) is 5.92 Å². The monoisotopic (exact) mass is 443 g/mol. The predicted octanol–water partition coefficient (Wildman–Crippen LogP) is -2.34. The van der Waals surface area contributed by atoms with Crippen LogP contribution < -0.4 is 22.1 Å². The molecule has 4 amide bonds. The maximum Gasteiger partial charge on any atom is 0.328 e. The van der Waals surface area contributed by atoms with Gasteiger partial charge in [-0.05, 0) is 25.7 Å². The highest BCUT2D eigenvalue weighted by Crippen LogP contribution is 2.22. The molecule has 0 aliphatic carbocycles. The number of aliphatic hydroxyl groups is 1. The number of aliphatic carboxylic acids is 1. The number of rotatable bonds is 11. The number of nitrogens with one attached hydrogen (secondary N) is 2. The summed E-state index contributed by atoms with van der Waals surface area (Å²) in [4.78, 5) is 61.8. The number of carbonyl (C=O) groups excluding carboxylic acids is 4. The van der Waals surface area contributed by atoms with Crippen LogP contribution in [0.4, 0.5) is 0 Å². The van der Waals surface area contributed by atoms with Crippen LogP contribution in [-0.2, 0) is 24.0 Å². The number of amides is 4. The molecule has 0 aromatic heterocycles. The first kappa shape index (κ1) is 26.3. The summed E-state index contributed by atoms with van der Waals surface area (Å²) in [6.07, 6.45) is -0.344. The van der Waals surface area contributed by atoms with Gasteiger partial charge in [-0.2, -0.15) is 0 Å². The Morgan fingerprint density at radius 1 is 1.13 bits per heavy atom. The van der Waals surface area contributed by atoms with E-state index in [9.17, 15) is 29.1 Å². The number of hydrogen-bond acceptors (Lipinski definition) is 7. The van der Waals surface area contributed by atoms with Gasteiger partial charge >= 0.3 is 5.97 Å². The highest BCUT2D eigenvalue weighted by atomic mass is 16.4. The van der Waals surface area contributed by atoms with Gasteiger partial charge in [0.15, 0.2) is 6.04 Å². The molecule has 31 heavy (non-hydrogen) atoms. The number of nitrogens with two attached hydrogens (primary N) is 2. The van der Waals surface area contributed by atoms with Gasteiger partial charge in [-0.3, -0.25) is 19.2 Å². The van der Waals surface area contributed by atoms with Gasteiger partial charge < -0.3 is 37.2 Å². The molecular weight excluding hydrogens is 410 g/mol. The maximum absolute atomic E-state index is 13.2. The standard InChI is InChI=1S/C19H33N5O7/c1-4-9(2)14(22-16(27)11(20)8-13(21)26)18(29)24-7-5-6-12(24)17(28)23-15(10(3)25)19(30)31/h9-12,14-15,25H,4-8,20H2,1-3H3,(H2,21,26)(H,22,27)(H,23,28)(H,30,31). The summed E-state index contributed by atoms with van der Waals surface area (Å²) < 4.78 is 0. The third-order valence-electron chi connectivity index (χ3n) is 5.42. The molecule has 0 saturated carbocycles. The van der Waals surface area contributed by atoms with Gasteiger partial charge in [0.25, 0.3) is 0 Å². The number of likely N-dealkylation sites (tertiary alicyclic amines) is 1. The number of carboxylic acids is 1. The molecule has 0 aromatic rings. The largest absolute Gasteiger partial charge is 0.480 e. The average molecular weight is 444 g/mol. The van der Waals surface area contributed by atoms with Gasteiger partial charge in [0, 0.05) is 6.54 Å². The van der Waals surface area contributed by atoms with Gasteiger partial charge in [0.2, 0.25) is 23.6 Å². The number of carboxylic acid groups (broad SMARTS) is 1. The molecule has 12 nitrogen and oxygen atoms in total. The van der Waals surface area contributed by atoms with E-state index in [0.717, 1.165) is 0 Å². The molecule has 0 bridgehead atoms. The van der Waals surface area contributed by atoms with Gasteiger partial charge in [-0.25, -0.2) is 4.79 Å². The third-order valence-corrected chi connectivity index (χ3v) is 5.42. The molecule has 1 heterocycles. The Hall–Kier alpha value is -2.73. The van der Waals surface area contributed by atoms with Crippen molar-refractivity contribution in [3.8, 4) is 0 Å². The molecule has 1 aliphatic heterocycles. The van der Waals surface area contributed by atoms with Crippen LogP contribution in [0.2, 0.25) is 0 Å². The van der Waals surface area contributed by atoms with E-state index >= 15 is 0 Å². The minimum Gasteiger partial charge on any atom is -0.480 e. The van der Waals surface area contributed by atoms with E-state index in [1.54, 1.807) is 6.92 Å². The Kier molecular flexibility index (Phi) is 9.85. The molecule has 6 atom stereocenters. The number of carbonyl (C=O) groups is 5. The SMILES string of the molecule is CCC(C)C(NC(=O)C(N)CC(N)=O)C(=O)N1CCCC1C(=O)NC(C(=O)O)C(C)O. The molecule has 1 aliphatic rings. The van der Waals surface area contributed by atoms with Crippen molar-refractivity contribution in [2.75, 3.05) is 6.54 Å². The van der Waals surface area contributed by atoms with Crippen LogP contribution in [-0.4, -0.2) is 81.5 Å². The first-order valence-corrected chi connectivity index (χ1v) is 10.3. The van der Waals surface area contributed by atoms with Crippen molar-refractivity contribution in [2.45, 2.75) is 76.7 Å². The minimum atomic E-state index is -1.51. The molecule has 1 fully saturated rings. The molecule has 8 N–H and O–H groups in total. The Morgan fingerprint density at radius 3 is 2.23 bits per heavy atom. The predicted molar refractivity (Wildman–Crippen MR) is 109 cm³/mol. The highest BCUT2D eigenvalue weighted by molar-refractivity contribution is 5.95. The zero-order chi connectivity index (χ0) is 23.9. The van der Waals surface area contributed by atoms with Crippen LogP contribution in [0.15, 0.2) is 0 Å². The van der Waals surface area contributed by atoms with Gasteiger partial charge in [0.1, 0.15) is 12.1 Å². The van der Waals surface area contributed by atoms with Crippen LogP contribution in [0.1, 0.15) is 46.5 Å². The van der Waals surface area contributed by atoms with Gasteiger partial charge in [0.05, 0.1) is 18.6 Å². The lowest BCUT2D eigenvalue weighted by atomic mass is 9.96. The van der Waals surface area contributed by atoms with E-state index in [0.29, 0.717) is 19.3 Å². The van der Waals surface area contributed by atoms with Gasteiger partial charge in [-0.1, -0.05) is 20.3 Å². The molecule has 0 aromatic carbocycles. The molecule has 1 saturated heterocycles. The van der Waals surface area contributed by atoms with Gasteiger partial charge in [-0.15, -0.1) is 0 Å². The molecule has 0 radical (unpaired) electrons. The first-order chi connectivity index (χ1) is 14.4. The molecular formula is C19H33N5O7. The van der Waals surface area contributed by atoms with Crippen molar-refractivity contribution >= 4 is 29.6 Å². The molecule has 6 unspecified atom stereocenters. The Labute approximate surface area is 180 Å². The second-order valence-electron chi connectivity index (χ2n) is 7.90. The molecule has 0 spiro atoms. The first-order valence-electron chi connectivity index (χ1n) is 10.3. The second kappa shape index (κ2) is 11.6. The fraction of sp³-hybridized carbons (Fsp3) is 0.737. The normalized spacial score (nSPS) is 20.8. The van der Waals surface area contributed by atoms with Crippen molar-refractivity contribution in [2.24, 2.45) is 17.4 Å². The smallest absolute Gasteiger partial charge is 0.328 e. The molecule has 1 rings (SSSR count). The van der Waals surface area contributed by atoms with Crippen molar-refractivity contribution in [3.63, 3.8) is 0 Å². The Bertz CT molecular complexity index is 699. The number of primary amides is 1. The number of hydrogen-bond donors (Lipinski definition) is 6. The minimum absolute atomic E-state index is 0.249. The van der Waals surface area contributed by atoms with Crippen molar-refractivity contribution in [1.82, 2.24) is 15.5 Å². The molecule has 176 valence electrons. The van der Waals surface area contributed by atoms with E-state index in [1.807, 2.05) is 6.92 Å². The quantitative estimate of drug-likeness (QED) is 0.203. The zero-order valence-electron chi connectivity index (χ0n) is 18.0. The number of aliphatic hydroxyl groups excluding tert-OH is 1. The lowest BCUT2D eigenvalue weighted by molar-refractivity contribution is -0.147. The van der Waals surface area contributed by atoms with Crippen LogP contribution >= 0.6 is 0 Å². The highest BCUT2D eigenvalue weighted by Gasteiger charge is 2.40. The summed E-state index contributed by atoms with van der Waals surface area (Å²) in [5.74, 6) is -4.36. The third kappa shape index (κ3) is 7.17. The maximum atomic E-state index is 13.2. The Morgan fingerprint density at radius 2 is 1.74 bits per heavy atom. The summed E-state index contributed by atoms with van der Waals surface area (Å²) in [5, 5.41) is 23.6. The lowest BCUT2D eigenvalue weighted by Gasteiger charge is -2.32. The van der Waals surface area contributed by atoms with E-state index in [-0.39, 0.29) is 18.9 Å². The fourth-order valence-electron chi connectivity index (χ4n) is 3.37. The second-order valence-corrected chi connectivity index (χ2v) is 7.90. The van der Waals surface area contributed by atoms with Crippen molar-refractivity contribution in [1.29, 1.82) is 0 Å². The van der Waals surface area contributed by atoms with E-state index in [2.05, 4.69) is 10.6 Å². The summed E-state index contributed by atoms with van der Waals surface area (Å²) in [5.41, 5.74) is 10.7. The van der Waals surface area contributed by atoms with Crippen molar-refractivity contribution in [3.05, 3.63) is 0 Å². The molecule has 12 heteroatoms. The zero-order valence-corrected chi connectivity index (χ0v) is 18.0. The van der Waals surface area contributed by atoms with Crippen LogP contribution in [0.3, 0.4) is 0 Å². The van der Waals surface area contributed by atoms with E-state index < -0.39 is 59.9 Å². The number of nitrogens with zero attached hydrogens (tertiary/aromatic N) is 1. The Balaban J connectivity index is 2.99. The average Bonchev–Trinajstić information content (AvgIpc) is 3.17. The summed E-state index contributed by atoms with van der Waals surface area (Å²) in [7, 11) is 0. The van der Waals surface area contributed by atoms with Crippen molar-refractivity contribution < 1.29 is 34.2 Å². The fourth-order valence-corrected chi connectivity index (χ4v) is 3.37. The van der Waals surface area contributed by atoms with E-state index in [4.69, 9.17) is 16.6 Å². The van der Waals surface area contributed by atoms with E-state index in [1.165, 1.54) is 11.8 Å². The summed E-state index contributed by atoms with van der Waals surface area (Å²) in [6.45, 7) is 5.07. The topological polar surface area (TPSA) is 205 Å². The van der Waals surface area contributed by atoms with Crippen LogP contribution in [0.5, 0.6) is 0 Å².